The van der Waals surface area contributed by atoms with Gasteiger partial charge in [0.2, 0.25) is 0 Å². The van der Waals surface area contributed by atoms with Crippen molar-refractivity contribution in [3.63, 3.8) is 0 Å². The van der Waals surface area contributed by atoms with Gasteiger partial charge in [-0.1, -0.05) is 0 Å². The largest absolute Gasteiger partial charge is 0.546 e. The van der Waals surface area contributed by atoms with E-state index in [1.54, 1.807) is 43.3 Å². The van der Waals surface area contributed by atoms with Crippen LogP contribution in [0.2, 0.25) is 0 Å². The van der Waals surface area contributed by atoms with Crippen molar-refractivity contribution in [2.45, 2.75) is 27.3 Å². The maximum Gasteiger partial charge on any atom is 0.271 e. The van der Waals surface area contributed by atoms with Gasteiger partial charge in [0.15, 0.2) is 0 Å². The molecule has 2 aromatic carbocycles. The summed E-state index contributed by atoms with van der Waals surface area (Å²) in [6, 6.07) is 12.1. The van der Waals surface area contributed by atoms with Crippen molar-refractivity contribution in [1.29, 1.82) is 0 Å². The second-order valence-corrected chi connectivity index (χ2v) is 6.43. The molecule has 29 heavy (non-hydrogen) atoms. The quantitative estimate of drug-likeness (QED) is 0.485. The fourth-order valence-electron chi connectivity index (χ4n) is 2.99. The number of benzene rings is 2. The fraction of sp³-hybridized carbons (Fsp3) is 0.238. The number of ether oxygens (including phenoxy) is 1. The Morgan fingerprint density at radius 2 is 1.86 bits per heavy atom. The minimum absolute atomic E-state index is 0.330. The highest BCUT2D eigenvalue weighted by molar-refractivity contribution is 6.01. The highest BCUT2D eigenvalue weighted by atomic mass is 16.5. The van der Waals surface area contributed by atoms with Gasteiger partial charge in [0.25, 0.3) is 5.91 Å². The molecular formula is C21H21N4O4-. The topological polar surface area (TPSA) is 109 Å². The smallest absolute Gasteiger partial charge is 0.271 e. The van der Waals surface area contributed by atoms with Crippen LogP contribution in [0.25, 0.3) is 11.0 Å². The average Bonchev–Trinajstić information content (AvgIpc) is 3.04. The summed E-state index contributed by atoms with van der Waals surface area (Å²) in [4.78, 5) is 27.4. The van der Waals surface area contributed by atoms with Gasteiger partial charge in [0.05, 0.1) is 22.7 Å². The molecule has 0 spiro atoms. The number of carboxylic acids is 1. The molecule has 0 saturated carbocycles. The Balaban J connectivity index is 1.69. The van der Waals surface area contributed by atoms with Gasteiger partial charge in [0, 0.05) is 12.1 Å². The van der Waals surface area contributed by atoms with E-state index in [-0.39, 0.29) is 5.91 Å². The molecule has 3 aromatic rings. The molecule has 1 N–H and O–H groups in total. The molecule has 0 aliphatic carbocycles. The Morgan fingerprint density at radius 3 is 2.52 bits per heavy atom. The predicted octanol–water partition coefficient (Wildman–Crippen LogP) is 1.65. The summed E-state index contributed by atoms with van der Waals surface area (Å²) >= 11 is 0. The number of carbonyl (C=O) groups is 2. The lowest BCUT2D eigenvalue weighted by Gasteiger charge is -2.08. The molecule has 0 fully saturated rings. The number of rotatable bonds is 7. The van der Waals surface area contributed by atoms with Crippen LogP contribution in [0, 0.1) is 6.92 Å². The van der Waals surface area contributed by atoms with Gasteiger partial charge in [-0.05, 0) is 68.8 Å². The molecule has 1 aromatic heterocycles. The van der Waals surface area contributed by atoms with Gasteiger partial charge in [-0.25, -0.2) is 10.4 Å². The summed E-state index contributed by atoms with van der Waals surface area (Å²) < 4.78 is 7.12. The highest BCUT2D eigenvalue weighted by Crippen LogP contribution is 2.18. The lowest BCUT2D eigenvalue weighted by molar-refractivity contribution is -0.307. The molecule has 8 nitrogen and oxygen atoms in total. The van der Waals surface area contributed by atoms with Gasteiger partial charge in [-0.15, -0.1) is 0 Å². The van der Waals surface area contributed by atoms with Gasteiger partial charge in [-0.2, -0.15) is 5.10 Å². The number of aryl methyl sites for hydroxylation is 2. The Kier molecular flexibility index (Phi) is 5.92. The number of carboxylic acid groups (broad SMARTS) is 1. The van der Waals surface area contributed by atoms with Gasteiger partial charge >= 0.3 is 0 Å². The third-order valence-electron chi connectivity index (χ3n) is 4.47. The molecule has 0 atom stereocenters. The summed E-state index contributed by atoms with van der Waals surface area (Å²) in [6.07, 6.45) is 0. The van der Waals surface area contributed by atoms with E-state index in [4.69, 9.17) is 4.74 Å². The van der Waals surface area contributed by atoms with Crippen molar-refractivity contribution in [3.8, 4) is 5.75 Å². The van der Waals surface area contributed by atoms with E-state index in [1.807, 2.05) is 19.9 Å². The van der Waals surface area contributed by atoms with Gasteiger partial charge < -0.3 is 19.2 Å². The van der Waals surface area contributed by atoms with Crippen LogP contribution < -0.4 is 15.3 Å². The number of aromatic nitrogens is 2. The van der Waals surface area contributed by atoms with Crippen molar-refractivity contribution in [2.24, 2.45) is 5.10 Å². The number of fused-ring (bicyclic) bond motifs is 1. The number of hydrogen-bond acceptors (Lipinski definition) is 6. The number of hydrazone groups is 1. The minimum atomic E-state index is -1.29. The monoisotopic (exact) mass is 393 g/mol. The number of carbonyl (C=O) groups excluding carboxylic acids is 2. The van der Waals surface area contributed by atoms with Crippen molar-refractivity contribution >= 4 is 28.6 Å². The minimum Gasteiger partial charge on any atom is -0.546 e. The second kappa shape index (κ2) is 8.55. The molecule has 0 aliphatic heterocycles. The van der Waals surface area contributed by atoms with E-state index < -0.39 is 12.6 Å². The molecule has 1 heterocycles. The number of imidazole rings is 1. The molecule has 0 bridgehead atoms. The van der Waals surface area contributed by atoms with Crippen molar-refractivity contribution in [3.05, 3.63) is 59.4 Å². The molecule has 8 heteroatoms. The fourth-order valence-corrected chi connectivity index (χ4v) is 2.99. The van der Waals surface area contributed by atoms with E-state index >= 15 is 0 Å². The van der Waals surface area contributed by atoms with E-state index in [0.717, 1.165) is 29.0 Å². The summed E-state index contributed by atoms with van der Waals surface area (Å²) in [6.45, 7) is 6.05. The SMILES string of the molecule is CCn1c(C)nc2cc(C(=O)N/N=C(/C)c3ccc(OCC(=O)[O-])cc3)ccc21. The Hall–Kier alpha value is -3.68. The van der Waals surface area contributed by atoms with E-state index in [0.29, 0.717) is 17.0 Å². The number of nitrogens with zero attached hydrogens (tertiary/aromatic N) is 3. The lowest BCUT2D eigenvalue weighted by Crippen LogP contribution is -2.28. The Labute approximate surface area is 167 Å². The number of hydrogen-bond donors (Lipinski definition) is 1. The van der Waals surface area contributed by atoms with E-state index in [2.05, 4.69) is 20.1 Å². The van der Waals surface area contributed by atoms with Crippen molar-refractivity contribution in [2.75, 3.05) is 6.61 Å². The Bertz CT molecular complexity index is 1080. The second-order valence-electron chi connectivity index (χ2n) is 6.43. The zero-order chi connectivity index (χ0) is 21.0. The number of amides is 1. The van der Waals surface area contributed by atoms with Crippen LogP contribution in [-0.4, -0.2) is 33.7 Å². The third-order valence-corrected chi connectivity index (χ3v) is 4.47. The molecule has 150 valence electrons. The van der Waals surface area contributed by atoms with Crippen LogP contribution >= 0.6 is 0 Å². The van der Waals surface area contributed by atoms with Crippen LogP contribution in [0.3, 0.4) is 0 Å². The average molecular weight is 393 g/mol. The molecule has 0 radical (unpaired) electrons. The summed E-state index contributed by atoms with van der Waals surface area (Å²) in [7, 11) is 0. The highest BCUT2D eigenvalue weighted by Gasteiger charge is 2.11. The molecule has 0 saturated heterocycles. The molecule has 0 aliphatic rings. The zero-order valence-corrected chi connectivity index (χ0v) is 16.4. The first-order valence-corrected chi connectivity index (χ1v) is 9.13. The first kappa shape index (κ1) is 20.1. The van der Waals surface area contributed by atoms with E-state index in [9.17, 15) is 14.7 Å². The zero-order valence-electron chi connectivity index (χ0n) is 16.4. The van der Waals surface area contributed by atoms with Crippen LogP contribution in [0.15, 0.2) is 47.6 Å². The standard InChI is InChI=1S/C21H22N4O4/c1-4-25-14(3)22-18-11-16(7-10-19(18)25)21(28)24-23-13(2)15-5-8-17(9-6-15)29-12-20(26)27/h5-11H,4,12H2,1-3H3,(H,24,28)(H,26,27)/p-1/b23-13-. The summed E-state index contributed by atoms with van der Waals surface area (Å²) in [5, 5.41) is 14.6. The van der Waals surface area contributed by atoms with Crippen LogP contribution in [0.4, 0.5) is 0 Å². The summed E-state index contributed by atoms with van der Waals surface area (Å²) in [5.74, 6) is -0.306. The first-order valence-electron chi connectivity index (χ1n) is 9.13. The third kappa shape index (κ3) is 4.60. The maximum atomic E-state index is 12.5. The number of nitrogens with one attached hydrogen (secondary N) is 1. The van der Waals surface area contributed by atoms with Crippen LogP contribution in [-0.2, 0) is 11.3 Å². The first-order chi connectivity index (χ1) is 13.9. The van der Waals surface area contributed by atoms with Gasteiger partial charge in [0.1, 0.15) is 18.2 Å². The van der Waals surface area contributed by atoms with Gasteiger partial charge in [-0.3, -0.25) is 4.79 Å². The van der Waals surface area contributed by atoms with Crippen molar-refractivity contribution in [1.82, 2.24) is 15.0 Å². The van der Waals surface area contributed by atoms with Crippen molar-refractivity contribution < 1.29 is 19.4 Å². The molecule has 1 amide bonds. The van der Waals surface area contributed by atoms with E-state index in [1.165, 1.54) is 0 Å². The molecular weight excluding hydrogens is 372 g/mol. The van der Waals surface area contributed by atoms with Crippen LogP contribution in [0.1, 0.15) is 35.6 Å². The maximum absolute atomic E-state index is 12.5. The van der Waals surface area contributed by atoms with Crippen LogP contribution in [0.5, 0.6) is 5.75 Å². The Morgan fingerprint density at radius 1 is 1.17 bits per heavy atom. The summed E-state index contributed by atoms with van der Waals surface area (Å²) in [5.41, 5.74) is 6.14. The molecule has 3 rings (SSSR count). The lowest BCUT2D eigenvalue weighted by atomic mass is 10.1. The molecule has 0 unspecified atom stereocenters. The predicted molar refractivity (Wildman–Crippen MR) is 107 cm³/mol. The normalized spacial score (nSPS) is 11.5. The number of aliphatic carboxylic acids is 1.